The topological polar surface area (TPSA) is 80.5 Å². The molecular weight excluding hydrogens is 428 g/mol. The number of morpholine rings is 1. The van der Waals surface area contributed by atoms with E-state index in [1.165, 1.54) is 5.56 Å². The number of nitrogens with one attached hydrogen (secondary N) is 1. The molecule has 1 fully saturated rings. The number of carbonyl (C=O) groups is 1. The lowest BCUT2D eigenvalue weighted by molar-refractivity contribution is -0.116. The van der Waals surface area contributed by atoms with E-state index in [1.54, 1.807) is 12.1 Å². The molecule has 0 radical (unpaired) electrons. The van der Waals surface area contributed by atoms with Crippen molar-refractivity contribution in [1.82, 2.24) is 15.0 Å². The van der Waals surface area contributed by atoms with Gasteiger partial charge in [0.25, 0.3) is 0 Å². The monoisotopic (exact) mass is 454 g/mol. The first-order chi connectivity index (χ1) is 15.7. The summed E-state index contributed by atoms with van der Waals surface area (Å²) in [5.41, 5.74) is 2.92. The second-order valence-corrected chi connectivity index (χ2v) is 8.26. The van der Waals surface area contributed by atoms with Gasteiger partial charge in [-0.2, -0.15) is 4.98 Å². The maximum Gasteiger partial charge on any atom is 0.226 e. The summed E-state index contributed by atoms with van der Waals surface area (Å²) in [6.07, 6.45) is 2.56. The molecule has 3 aromatic rings. The summed E-state index contributed by atoms with van der Waals surface area (Å²) in [6, 6.07) is 15.3. The summed E-state index contributed by atoms with van der Waals surface area (Å²) < 4.78 is 10.7. The third-order valence-electron chi connectivity index (χ3n) is 5.42. The van der Waals surface area contributed by atoms with Crippen molar-refractivity contribution in [2.75, 3.05) is 38.2 Å². The zero-order valence-corrected chi connectivity index (χ0v) is 18.7. The largest absolute Gasteiger partial charge is 0.379 e. The Morgan fingerprint density at radius 1 is 1.03 bits per heavy atom. The number of aryl methyl sites for hydroxylation is 1. The van der Waals surface area contributed by atoms with E-state index in [2.05, 4.69) is 32.5 Å². The quantitative estimate of drug-likeness (QED) is 0.521. The average Bonchev–Trinajstić information content (AvgIpc) is 3.29. The molecule has 4 rings (SSSR count). The minimum Gasteiger partial charge on any atom is -0.379 e. The molecule has 1 aliphatic rings. The zero-order valence-electron chi connectivity index (χ0n) is 17.9. The molecule has 1 aliphatic heterocycles. The molecule has 0 aliphatic carbocycles. The van der Waals surface area contributed by atoms with Crippen molar-refractivity contribution in [3.05, 3.63) is 65.0 Å². The Balaban J connectivity index is 1.17. The van der Waals surface area contributed by atoms with Crippen molar-refractivity contribution in [3.63, 3.8) is 0 Å². The number of hydrogen-bond acceptors (Lipinski definition) is 6. The molecule has 32 heavy (non-hydrogen) atoms. The molecule has 0 unspecified atom stereocenters. The van der Waals surface area contributed by atoms with Crippen molar-refractivity contribution in [2.45, 2.75) is 25.7 Å². The Morgan fingerprint density at radius 2 is 1.78 bits per heavy atom. The predicted octanol–water partition coefficient (Wildman–Crippen LogP) is 4.23. The van der Waals surface area contributed by atoms with Gasteiger partial charge in [-0.1, -0.05) is 28.9 Å². The first-order valence-electron chi connectivity index (χ1n) is 10.9. The van der Waals surface area contributed by atoms with Crippen LogP contribution in [0.2, 0.25) is 5.02 Å². The van der Waals surface area contributed by atoms with E-state index in [0.29, 0.717) is 36.0 Å². The Labute approximate surface area is 192 Å². The highest BCUT2D eigenvalue weighted by molar-refractivity contribution is 6.30. The number of anilines is 1. The number of benzene rings is 2. The van der Waals surface area contributed by atoms with Crippen LogP contribution >= 0.6 is 11.6 Å². The molecule has 8 heteroatoms. The van der Waals surface area contributed by atoms with E-state index < -0.39 is 0 Å². The Kier molecular flexibility index (Phi) is 7.87. The lowest BCUT2D eigenvalue weighted by atomic mass is 10.1. The number of nitrogens with zero attached hydrogens (tertiary/aromatic N) is 3. The zero-order chi connectivity index (χ0) is 22.2. The number of carbonyl (C=O) groups excluding carboxylic acids is 1. The highest BCUT2D eigenvalue weighted by Crippen LogP contribution is 2.19. The summed E-state index contributed by atoms with van der Waals surface area (Å²) in [7, 11) is 0. The van der Waals surface area contributed by atoms with E-state index in [1.807, 2.05) is 24.3 Å². The maximum absolute atomic E-state index is 12.3. The molecule has 0 bridgehead atoms. The SMILES string of the molecule is O=C(CCCc1nc(-c2ccc(Cl)cc2)no1)Nc1ccc(CCN2CCOCC2)cc1. The fourth-order valence-corrected chi connectivity index (χ4v) is 3.69. The molecule has 1 saturated heterocycles. The number of hydrogen-bond donors (Lipinski definition) is 1. The van der Waals surface area contributed by atoms with Gasteiger partial charge in [0.2, 0.25) is 17.6 Å². The van der Waals surface area contributed by atoms with Crippen LogP contribution in [0.15, 0.2) is 53.1 Å². The first-order valence-corrected chi connectivity index (χ1v) is 11.3. The van der Waals surface area contributed by atoms with Crippen LogP contribution in [-0.4, -0.2) is 53.8 Å². The van der Waals surface area contributed by atoms with Crippen LogP contribution in [0.1, 0.15) is 24.3 Å². The summed E-state index contributed by atoms with van der Waals surface area (Å²) in [4.78, 5) is 19.1. The Morgan fingerprint density at radius 3 is 2.53 bits per heavy atom. The van der Waals surface area contributed by atoms with Crippen LogP contribution < -0.4 is 5.32 Å². The molecule has 1 amide bonds. The Hall–Kier alpha value is -2.74. The molecule has 168 valence electrons. The maximum atomic E-state index is 12.3. The van der Waals surface area contributed by atoms with Gasteiger partial charge < -0.3 is 14.6 Å². The number of ether oxygens (including phenoxy) is 1. The van der Waals surface area contributed by atoms with Gasteiger partial charge in [0.15, 0.2) is 0 Å². The van der Waals surface area contributed by atoms with E-state index in [-0.39, 0.29) is 5.91 Å². The van der Waals surface area contributed by atoms with Gasteiger partial charge >= 0.3 is 0 Å². The highest BCUT2D eigenvalue weighted by Gasteiger charge is 2.11. The van der Waals surface area contributed by atoms with Gasteiger partial charge in [0.05, 0.1) is 13.2 Å². The molecule has 1 N–H and O–H groups in total. The minimum atomic E-state index is -0.0245. The molecule has 2 aromatic carbocycles. The predicted molar refractivity (Wildman–Crippen MR) is 124 cm³/mol. The lowest BCUT2D eigenvalue weighted by Gasteiger charge is -2.26. The molecule has 0 spiro atoms. The standard InChI is InChI=1S/C24H27ClN4O3/c25-20-8-6-19(7-9-20)24-27-23(32-28-24)3-1-2-22(30)26-21-10-4-18(5-11-21)12-13-29-14-16-31-17-15-29/h4-11H,1-3,12-17H2,(H,26,30). The lowest BCUT2D eigenvalue weighted by Crippen LogP contribution is -2.37. The molecule has 0 saturated carbocycles. The van der Waals surface area contributed by atoms with Crippen molar-refractivity contribution in [3.8, 4) is 11.4 Å². The smallest absolute Gasteiger partial charge is 0.226 e. The second-order valence-electron chi connectivity index (χ2n) is 7.82. The van der Waals surface area contributed by atoms with Crippen molar-refractivity contribution in [2.24, 2.45) is 0 Å². The molecule has 7 nitrogen and oxygen atoms in total. The van der Waals surface area contributed by atoms with E-state index in [4.69, 9.17) is 20.9 Å². The summed E-state index contributed by atoms with van der Waals surface area (Å²) in [5, 5.41) is 7.61. The number of halogens is 1. The molecule has 1 aromatic heterocycles. The van der Waals surface area contributed by atoms with Crippen LogP contribution in [0.5, 0.6) is 0 Å². The molecule has 2 heterocycles. The van der Waals surface area contributed by atoms with E-state index in [9.17, 15) is 4.79 Å². The summed E-state index contributed by atoms with van der Waals surface area (Å²) in [6.45, 7) is 4.67. The van der Waals surface area contributed by atoms with Crippen LogP contribution in [-0.2, 0) is 22.4 Å². The van der Waals surface area contributed by atoms with Gasteiger partial charge in [0, 0.05) is 48.7 Å². The van der Waals surface area contributed by atoms with Gasteiger partial charge in [0.1, 0.15) is 0 Å². The van der Waals surface area contributed by atoms with E-state index >= 15 is 0 Å². The third-order valence-corrected chi connectivity index (χ3v) is 5.68. The third kappa shape index (κ3) is 6.63. The first kappa shape index (κ1) is 22.5. The van der Waals surface area contributed by atoms with Crippen LogP contribution in [0, 0.1) is 0 Å². The summed E-state index contributed by atoms with van der Waals surface area (Å²) >= 11 is 5.90. The van der Waals surface area contributed by atoms with Gasteiger partial charge in [-0.3, -0.25) is 9.69 Å². The number of amides is 1. The number of rotatable bonds is 9. The molecule has 0 atom stereocenters. The minimum absolute atomic E-state index is 0.0245. The number of aromatic nitrogens is 2. The second kappa shape index (κ2) is 11.2. The van der Waals surface area contributed by atoms with Crippen LogP contribution in [0.3, 0.4) is 0 Å². The normalized spacial score (nSPS) is 14.4. The average molecular weight is 455 g/mol. The van der Waals surface area contributed by atoms with Crippen molar-refractivity contribution >= 4 is 23.2 Å². The fourth-order valence-electron chi connectivity index (χ4n) is 3.56. The van der Waals surface area contributed by atoms with Crippen molar-refractivity contribution < 1.29 is 14.1 Å². The van der Waals surface area contributed by atoms with Gasteiger partial charge in [-0.25, -0.2) is 0 Å². The van der Waals surface area contributed by atoms with Gasteiger partial charge in [-0.15, -0.1) is 0 Å². The molecular formula is C24H27ClN4O3. The summed E-state index contributed by atoms with van der Waals surface area (Å²) in [5.74, 6) is 1.02. The van der Waals surface area contributed by atoms with Gasteiger partial charge in [-0.05, 0) is 54.8 Å². The van der Waals surface area contributed by atoms with Crippen molar-refractivity contribution in [1.29, 1.82) is 0 Å². The van der Waals surface area contributed by atoms with Crippen LogP contribution in [0.25, 0.3) is 11.4 Å². The van der Waals surface area contributed by atoms with Crippen LogP contribution in [0.4, 0.5) is 5.69 Å². The fraction of sp³-hybridized carbons (Fsp3) is 0.375. The van der Waals surface area contributed by atoms with E-state index in [0.717, 1.165) is 50.5 Å². The highest BCUT2D eigenvalue weighted by atomic mass is 35.5. The Bertz CT molecular complexity index is 999.